The standard InChI is InChI=1S/C20H15N3O4S/c24-20-22-18-10-9-17(13-19(18)27-20)28(25,26)23-16-6-3-4-14(12-16)7-8-15-5-1-2-11-21-15/h1-13,23H,(H,22,24)/b8-7+. The molecule has 140 valence electrons. The van der Waals surface area contributed by atoms with Gasteiger partial charge in [-0.3, -0.25) is 14.7 Å². The minimum Gasteiger partial charge on any atom is -0.408 e. The van der Waals surface area contributed by atoms with E-state index in [0.717, 1.165) is 11.3 Å². The normalized spacial score (nSPS) is 11.9. The molecule has 0 bridgehead atoms. The minimum absolute atomic E-state index is 0.00261. The van der Waals surface area contributed by atoms with Gasteiger partial charge in [0.15, 0.2) is 5.58 Å². The zero-order valence-corrected chi connectivity index (χ0v) is 15.3. The maximum Gasteiger partial charge on any atom is 0.417 e. The van der Waals surface area contributed by atoms with E-state index in [9.17, 15) is 13.2 Å². The number of nitrogens with one attached hydrogen (secondary N) is 2. The van der Waals surface area contributed by atoms with Crippen LogP contribution < -0.4 is 10.5 Å². The van der Waals surface area contributed by atoms with Crippen LogP contribution >= 0.6 is 0 Å². The van der Waals surface area contributed by atoms with Gasteiger partial charge in [0.2, 0.25) is 0 Å². The molecular weight excluding hydrogens is 378 g/mol. The fraction of sp³-hybridized carbons (Fsp3) is 0. The van der Waals surface area contributed by atoms with Gasteiger partial charge in [-0.1, -0.05) is 24.3 Å². The number of sulfonamides is 1. The molecule has 2 heterocycles. The molecule has 0 saturated heterocycles. The van der Waals surface area contributed by atoms with Crippen LogP contribution in [-0.2, 0) is 10.0 Å². The van der Waals surface area contributed by atoms with E-state index in [2.05, 4.69) is 14.7 Å². The molecule has 0 aliphatic heterocycles. The molecule has 0 aliphatic rings. The van der Waals surface area contributed by atoms with Crippen LogP contribution in [0.2, 0.25) is 0 Å². The van der Waals surface area contributed by atoms with Crippen LogP contribution in [0.3, 0.4) is 0 Å². The van der Waals surface area contributed by atoms with Gasteiger partial charge in [-0.15, -0.1) is 0 Å². The number of oxazole rings is 1. The lowest BCUT2D eigenvalue weighted by atomic mass is 10.2. The topological polar surface area (TPSA) is 105 Å². The number of fused-ring (bicyclic) bond motifs is 1. The molecule has 28 heavy (non-hydrogen) atoms. The average molecular weight is 393 g/mol. The van der Waals surface area contributed by atoms with Crippen LogP contribution in [0, 0.1) is 0 Å². The molecule has 2 N–H and O–H groups in total. The van der Waals surface area contributed by atoms with Crippen molar-refractivity contribution in [3.05, 3.63) is 88.7 Å². The summed E-state index contributed by atoms with van der Waals surface area (Å²) in [5.74, 6) is -0.634. The Bertz CT molecular complexity index is 1320. The predicted molar refractivity (Wildman–Crippen MR) is 107 cm³/mol. The van der Waals surface area contributed by atoms with Gasteiger partial charge in [0, 0.05) is 18.0 Å². The fourth-order valence-electron chi connectivity index (χ4n) is 2.67. The lowest BCUT2D eigenvalue weighted by Crippen LogP contribution is -2.12. The van der Waals surface area contributed by atoms with E-state index in [1.807, 2.05) is 36.4 Å². The van der Waals surface area contributed by atoms with Crippen molar-refractivity contribution in [1.29, 1.82) is 0 Å². The zero-order chi connectivity index (χ0) is 19.6. The SMILES string of the molecule is O=c1[nH]c2ccc(S(=O)(=O)Nc3cccc(/C=C/c4ccccn4)c3)cc2o1. The first-order valence-corrected chi connectivity index (χ1v) is 9.83. The van der Waals surface area contributed by atoms with Crippen molar-refractivity contribution in [2.24, 2.45) is 0 Å². The van der Waals surface area contributed by atoms with Crippen LogP contribution in [0.5, 0.6) is 0 Å². The number of hydrogen-bond acceptors (Lipinski definition) is 5. The number of anilines is 1. The summed E-state index contributed by atoms with van der Waals surface area (Å²) < 4.78 is 32.8. The van der Waals surface area contributed by atoms with Crippen molar-refractivity contribution >= 4 is 39.0 Å². The quantitative estimate of drug-likeness (QED) is 0.540. The second-order valence-corrected chi connectivity index (χ2v) is 7.67. The summed E-state index contributed by atoms with van der Waals surface area (Å²) in [6.07, 6.45) is 5.39. The first kappa shape index (κ1) is 17.7. The van der Waals surface area contributed by atoms with Crippen LogP contribution in [0.4, 0.5) is 5.69 Å². The molecule has 4 aromatic rings. The maximum absolute atomic E-state index is 12.7. The molecule has 4 rings (SSSR count). The first-order chi connectivity index (χ1) is 13.5. The molecule has 0 aliphatic carbocycles. The third-order valence-electron chi connectivity index (χ3n) is 3.98. The largest absolute Gasteiger partial charge is 0.417 e. The van der Waals surface area contributed by atoms with Crippen molar-refractivity contribution in [1.82, 2.24) is 9.97 Å². The summed E-state index contributed by atoms with van der Waals surface area (Å²) in [5.41, 5.74) is 2.65. The Labute approximate surface area is 160 Å². The average Bonchev–Trinajstić information content (AvgIpc) is 3.06. The highest BCUT2D eigenvalue weighted by atomic mass is 32.2. The Balaban J connectivity index is 1.58. The highest BCUT2D eigenvalue weighted by molar-refractivity contribution is 7.92. The van der Waals surface area contributed by atoms with Crippen LogP contribution in [0.15, 0.2) is 81.0 Å². The number of H-pyrrole nitrogens is 1. The molecule has 7 nitrogen and oxygen atoms in total. The fourth-order valence-corrected chi connectivity index (χ4v) is 3.73. The predicted octanol–water partition coefficient (Wildman–Crippen LogP) is 3.49. The van der Waals surface area contributed by atoms with E-state index in [4.69, 9.17) is 4.42 Å². The summed E-state index contributed by atoms with van der Waals surface area (Å²) in [7, 11) is -3.84. The third kappa shape index (κ3) is 3.86. The Hall–Kier alpha value is -3.65. The van der Waals surface area contributed by atoms with E-state index in [1.165, 1.54) is 18.2 Å². The molecule has 0 atom stereocenters. The Morgan fingerprint density at radius 2 is 1.89 bits per heavy atom. The molecule has 0 radical (unpaired) electrons. The molecule has 0 saturated carbocycles. The number of aromatic nitrogens is 2. The van der Waals surface area contributed by atoms with Gasteiger partial charge in [0.1, 0.15) is 0 Å². The Morgan fingerprint density at radius 3 is 2.71 bits per heavy atom. The summed E-state index contributed by atoms with van der Waals surface area (Å²) in [6, 6.07) is 16.8. The molecule has 0 spiro atoms. The smallest absolute Gasteiger partial charge is 0.408 e. The molecule has 2 aromatic carbocycles. The zero-order valence-electron chi connectivity index (χ0n) is 14.5. The molecule has 0 unspecified atom stereocenters. The van der Waals surface area contributed by atoms with Crippen molar-refractivity contribution in [2.45, 2.75) is 4.90 Å². The minimum atomic E-state index is -3.84. The Morgan fingerprint density at radius 1 is 1.00 bits per heavy atom. The van der Waals surface area contributed by atoms with Crippen LogP contribution in [-0.4, -0.2) is 18.4 Å². The molecule has 0 fully saturated rings. The number of hydrogen-bond donors (Lipinski definition) is 2. The summed E-state index contributed by atoms with van der Waals surface area (Å²) in [4.78, 5) is 17.9. The van der Waals surface area contributed by atoms with E-state index < -0.39 is 15.8 Å². The monoisotopic (exact) mass is 393 g/mol. The number of rotatable bonds is 5. The van der Waals surface area contributed by atoms with Gasteiger partial charge in [-0.05, 0) is 48.0 Å². The van der Waals surface area contributed by atoms with Gasteiger partial charge in [-0.25, -0.2) is 13.2 Å². The number of pyridine rings is 1. The van der Waals surface area contributed by atoms with E-state index in [-0.39, 0.29) is 10.5 Å². The van der Waals surface area contributed by atoms with Gasteiger partial charge in [-0.2, -0.15) is 0 Å². The third-order valence-corrected chi connectivity index (χ3v) is 5.35. The lowest BCUT2D eigenvalue weighted by molar-refractivity contribution is 0.554. The first-order valence-electron chi connectivity index (χ1n) is 8.34. The van der Waals surface area contributed by atoms with E-state index in [0.29, 0.717) is 11.2 Å². The van der Waals surface area contributed by atoms with Gasteiger partial charge >= 0.3 is 5.76 Å². The second-order valence-electron chi connectivity index (χ2n) is 5.99. The van der Waals surface area contributed by atoms with E-state index >= 15 is 0 Å². The van der Waals surface area contributed by atoms with Crippen LogP contribution in [0.25, 0.3) is 23.3 Å². The summed E-state index contributed by atoms with van der Waals surface area (Å²) in [5, 5.41) is 0. The Kier molecular flexibility index (Phi) is 4.54. The molecule has 2 aromatic heterocycles. The molecular formula is C20H15N3O4S. The number of aromatic amines is 1. The van der Waals surface area contributed by atoms with Gasteiger partial charge in [0.25, 0.3) is 10.0 Å². The van der Waals surface area contributed by atoms with Gasteiger partial charge < -0.3 is 4.42 Å². The second kappa shape index (κ2) is 7.16. The summed E-state index contributed by atoms with van der Waals surface area (Å²) >= 11 is 0. The molecule has 8 heteroatoms. The highest BCUT2D eigenvalue weighted by Gasteiger charge is 2.16. The van der Waals surface area contributed by atoms with Crippen LogP contribution in [0.1, 0.15) is 11.3 Å². The van der Waals surface area contributed by atoms with Crippen molar-refractivity contribution < 1.29 is 12.8 Å². The number of nitrogens with zero attached hydrogens (tertiary/aromatic N) is 1. The number of benzene rings is 2. The molecule has 0 amide bonds. The lowest BCUT2D eigenvalue weighted by Gasteiger charge is -2.08. The van der Waals surface area contributed by atoms with Crippen molar-refractivity contribution in [3.63, 3.8) is 0 Å². The maximum atomic E-state index is 12.7. The van der Waals surface area contributed by atoms with E-state index in [1.54, 1.807) is 24.4 Å². The van der Waals surface area contributed by atoms with Gasteiger partial charge in [0.05, 0.1) is 16.1 Å². The highest BCUT2D eigenvalue weighted by Crippen LogP contribution is 2.21. The van der Waals surface area contributed by atoms with Crippen molar-refractivity contribution in [2.75, 3.05) is 4.72 Å². The van der Waals surface area contributed by atoms with Crippen molar-refractivity contribution in [3.8, 4) is 0 Å². The summed E-state index contributed by atoms with van der Waals surface area (Å²) in [6.45, 7) is 0.